The van der Waals surface area contributed by atoms with Gasteiger partial charge in [-0.3, -0.25) is 9.59 Å². The molecular formula is C11H24N4O2. The maximum absolute atomic E-state index is 11.3. The Labute approximate surface area is 103 Å². The van der Waals surface area contributed by atoms with Gasteiger partial charge in [0.05, 0.1) is 13.1 Å². The van der Waals surface area contributed by atoms with Crippen LogP contribution in [0.3, 0.4) is 0 Å². The monoisotopic (exact) mass is 244 g/mol. The number of nitrogens with zero attached hydrogens (tertiary/aromatic N) is 1. The lowest BCUT2D eigenvalue weighted by Gasteiger charge is -2.20. The van der Waals surface area contributed by atoms with Crippen LogP contribution >= 0.6 is 0 Å². The second-order valence-corrected chi connectivity index (χ2v) is 4.26. The molecule has 0 aliphatic heterocycles. The van der Waals surface area contributed by atoms with Crippen LogP contribution in [0.15, 0.2) is 0 Å². The quantitative estimate of drug-likeness (QED) is 0.473. The summed E-state index contributed by atoms with van der Waals surface area (Å²) in [4.78, 5) is 24.3. The summed E-state index contributed by atoms with van der Waals surface area (Å²) in [7, 11) is 2.05. The first kappa shape index (κ1) is 15.9. The number of hydrogen-bond donors (Lipinski definition) is 3. The Hall–Kier alpha value is -1.14. The van der Waals surface area contributed by atoms with Crippen molar-refractivity contribution >= 4 is 11.8 Å². The number of hydrogen-bond acceptors (Lipinski definition) is 4. The van der Waals surface area contributed by atoms with E-state index in [0.29, 0.717) is 12.6 Å². The average molecular weight is 244 g/mol. The van der Waals surface area contributed by atoms with Crippen molar-refractivity contribution < 1.29 is 9.59 Å². The van der Waals surface area contributed by atoms with Gasteiger partial charge in [-0.1, -0.05) is 0 Å². The standard InChI is InChI=1S/C11H24N4O2/c1-9(2)15(3)6-4-5-13-11(17)8-14-10(16)7-12/h9H,4-8,12H2,1-3H3,(H,13,17)(H,14,16). The molecule has 4 N–H and O–H groups in total. The van der Waals surface area contributed by atoms with Crippen LogP contribution in [-0.4, -0.2) is 56.0 Å². The molecule has 0 aromatic carbocycles. The lowest BCUT2D eigenvalue weighted by atomic mass is 10.3. The van der Waals surface area contributed by atoms with Gasteiger partial charge < -0.3 is 21.3 Å². The highest BCUT2D eigenvalue weighted by Gasteiger charge is 2.04. The molecular weight excluding hydrogens is 220 g/mol. The van der Waals surface area contributed by atoms with E-state index in [0.717, 1.165) is 13.0 Å². The Kier molecular flexibility index (Phi) is 8.35. The van der Waals surface area contributed by atoms with Crippen LogP contribution in [0.4, 0.5) is 0 Å². The molecule has 17 heavy (non-hydrogen) atoms. The molecule has 6 heteroatoms. The third-order valence-corrected chi connectivity index (χ3v) is 2.52. The van der Waals surface area contributed by atoms with Crippen LogP contribution in [0.1, 0.15) is 20.3 Å². The van der Waals surface area contributed by atoms with Gasteiger partial charge >= 0.3 is 0 Å². The van der Waals surface area contributed by atoms with Crippen LogP contribution in [-0.2, 0) is 9.59 Å². The molecule has 0 aliphatic carbocycles. The Balaban J connectivity index is 3.49. The van der Waals surface area contributed by atoms with E-state index in [9.17, 15) is 9.59 Å². The van der Waals surface area contributed by atoms with E-state index in [1.165, 1.54) is 0 Å². The Bertz CT molecular complexity index is 244. The molecule has 0 bridgehead atoms. The molecule has 0 atom stereocenters. The van der Waals surface area contributed by atoms with Gasteiger partial charge in [0, 0.05) is 12.6 Å². The van der Waals surface area contributed by atoms with Gasteiger partial charge in [0.15, 0.2) is 0 Å². The predicted molar refractivity (Wildman–Crippen MR) is 67.5 cm³/mol. The summed E-state index contributed by atoms with van der Waals surface area (Å²) in [5.41, 5.74) is 5.09. The van der Waals surface area contributed by atoms with Crippen molar-refractivity contribution in [1.82, 2.24) is 15.5 Å². The molecule has 0 aliphatic rings. The molecule has 6 nitrogen and oxygen atoms in total. The smallest absolute Gasteiger partial charge is 0.239 e. The number of carbonyl (C=O) groups is 2. The van der Waals surface area contributed by atoms with E-state index in [-0.39, 0.29) is 24.9 Å². The third-order valence-electron chi connectivity index (χ3n) is 2.52. The van der Waals surface area contributed by atoms with Gasteiger partial charge in [0.1, 0.15) is 0 Å². The lowest BCUT2D eigenvalue weighted by molar-refractivity contribution is -0.125. The predicted octanol–water partition coefficient (Wildman–Crippen LogP) is -1.09. The topological polar surface area (TPSA) is 87.5 Å². The van der Waals surface area contributed by atoms with Crippen molar-refractivity contribution in [2.45, 2.75) is 26.3 Å². The molecule has 0 aromatic rings. The zero-order chi connectivity index (χ0) is 13.3. The maximum Gasteiger partial charge on any atom is 0.239 e. The molecule has 0 saturated carbocycles. The van der Waals surface area contributed by atoms with Crippen LogP contribution < -0.4 is 16.4 Å². The number of nitrogens with two attached hydrogens (primary N) is 1. The molecule has 2 amide bonds. The highest BCUT2D eigenvalue weighted by atomic mass is 16.2. The number of rotatable bonds is 8. The Morgan fingerprint density at radius 2 is 1.88 bits per heavy atom. The summed E-state index contributed by atoms with van der Waals surface area (Å²) in [5.74, 6) is -0.501. The van der Waals surface area contributed by atoms with Crippen LogP contribution in [0, 0.1) is 0 Å². The van der Waals surface area contributed by atoms with E-state index < -0.39 is 0 Å². The first-order valence-corrected chi connectivity index (χ1v) is 5.91. The minimum atomic E-state index is -0.320. The highest BCUT2D eigenvalue weighted by molar-refractivity contribution is 5.85. The molecule has 100 valence electrons. The summed E-state index contributed by atoms with van der Waals surface area (Å²) in [6.45, 7) is 5.71. The van der Waals surface area contributed by atoms with E-state index in [2.05, 4.69) is 29.4 Å². The highest BCUT2D eigenvalue weighted by Crippen LogP contribution is 1.93. The van der Waals surface area contributed by atoms with Crippen molar-refractivity contribution in [3.8, 4) is 0 Å². The first-order valence-electron chi connectivity index (χ1n) is 5.91. The molecule has 0 aromatic heterocycles. The summed E-state index contributed by atoms with van der Waals surface area (Å²) in [5, 5.41) is 5.15. The summed E-state index contributed by atoms with van der Waals surface area (Å²) in [6, 6.07) is 0.509. The fraction of sp³-hybridized carbons (Fsp3) is 0.818. The van der Waals surface area contributed by atoms with Crippen LogP contribution in [0.5, 0.6) is 0 Å². The number of amides is 2. The lowest BCUT2D eigenvalue weighted by Crippen LogP contribution is -2.40. The minimum absolute atomic E-state index is 0.00392. The first-order chi connectivity index (χ1) is 7.97. The molecule has 0 spiro atoms. The molecule has 0 fully saturated rings. The van der Waals surface area contributed by atoms with E-state index in [1.54, 1.807) is 0 Å². The fourth-order valence-electron chi connectivity index (χ4n) is 1.13. The van der Waals surface area contributed by atoms with Gasteiger partial charge in [-0.15, -0.1) is 0 Å². The Morgan fingerprint density at radius 3 is 2.41 bits per heavy atom. The molecule has 0 rings (SSSR count). The van der Waals surface area contributed by atoms with Crippen molar-refractivity contribution in [1.29, 1.82) is 0 Å². The van der Waals surface area contributed by atoms with E-state index in [1.807, 2.05) is 7.05 Å². The summed E-state index contributed by atoms with van der Waals surface area (Å²) < 4.78 is 0. The van der Waals surface area contributed by atoms with Gasteiger partial charge in [-0.05, 0) is 33.9 Å². The number of nitrogens with one attached hydrogen (secondary N) is 2. The number of carbonyl (C=O) groups excluding carboxylic acids is 2. The van der Waals surface area contributed by atoms with E-state index in [4.69, 9.17) is 5.73 Å². The summed E-state index contributed by atoms with van der Waals surface area (Å²) >= 11 is 0. The molecule has 0 radical (unpaired) electrons. The minimum Gasteiger partial charge on any atom is -0.355 e. The van der Waals surface area contributed by atoms with Crippen molar-refractivity contribution in [3.05, 3.63) is 0 Å². The van der Waals surface area contributed by atoms with Gasteiger partial charge in [0.2, 0.25) is 11.8 Å². The zero-order valence-electron chi connectivity index (χ0n) is 11.0. The van der Waals surface area contributed by atoms with Gasteiger partial charge in [0.25, 0.3) is 0 Å². The largest absolute Gasteiger partial charge is 0.355 e. The molecule has 0 heterocycles. The van der Waals surface area contributed by atoms with Crippen molar-refractivity contribution in [3.63, 3.8) is 0 Å². The third kappa shape index (κ3) is 8.65. The van der Waals surface area contributed by atoms with E-state index >= 15 is 0 Å². The molecule has 0 unspecified atom stereocenters. The fourth-order valence-corrected chi connectivity index (χ4v) is 1.13. The SMILES string of the molecule is CC(C)N(C)CCCNC(=O)CNC(=O)CN. The second-order valence-electron chi connectivity index (χ2n) is 4.26. The molecule has 0 saturated heterocycles. The second kappa shape index (κ2) is 8.95. The van der Waals surface area contributed by atoms with Crippen molar-refractivity contribution in [2.75, 3.05) is 33.2 Å². The average Bonchev–Trinajstić information content (AvgIpc) is 2.30. The van der Waals surface area contributed by atoms with Gasteiger partial charge in [-0.25, -0.2) is 0 Å². The zero-order valence-corrected chi connectivity index (χ0v) is 11.0. The van der Waals surface area contributed by atoms with Gasteiger partial charge in [-0.2, -0.15) is 0 Å². The maximum atomic E-state index is 11.3. The normalized spacial score (nSPS) is 10.7. The Morgan fingerprint density at radius 1 is 1.24 bits per heavy atom. The van der Waals surface area contributed by atoms with Crippen LogP contribution in [0.2, 0.25) is 0 Å². The van der Waals surface area contributed by atoms with Crippen LogP contribution in [0.25, 0.3) is 0 Å². The van der Waals surface area contributed by atoms with Crippen molar-refractivity contribution in [2.24, 2.45) is 5.73 Å². The summed E-state index contributed by atoms with van der Waals surface area (Å²) in [6.07, 6.45) is 0.894.